The maximum absolute atomic E-state index is 12.2. The highest BCUT2D eigenvalue weighted by Crippen LogP contribution is 2.48. The molecule has 9 heteroatoms. The van der Waals surface area contributed by atoms with Crippen LogP contribution in [-0.4, -0.2) is 65.9 Å². The van der Waals surface area contributed by atoms with Crippen molar-refractivity contribution >= 4 is 39.1 Å². The van der Waals surface area contributed by atoms with Crippen molar-refractivity contribution in [2.45, 2.75) is 69.9 Å². The van der Waals surface area contributed by atoms with Gasteiger partial charge in [-0.15, -0.1) is 11.3 Å². The molecule has 174 valence electrons. The summed E-state index contributed by atoms with van der Waals surface area (Å²) in [5.41, 5.74) is 1.17. The third kappa shape index (κ3) is 4.60. The Hall–Kier alpha value is -1.48. The highest BCUT2D eigenvalue weighted by molar-refractivity contribution is 7.19. The van der Waals surface area contributed by atoms with Crippen molar-refractivity contribution in [2.75, 3.05) is 32.9 Å². The summed E-state index contributed by atoms with van der Waals surface area (Å²) in [4.78, 5) is 25.8. The van der Waals surface area contributed by atoms with E-state index >= 15 is 0 Å². The predicted molar refractivity (Wildman–Crippen MR) is 124 cm³/mol. The van der Waals surface area contributed by atoms with Crippen LogP contribution in [0.1, 0.15) is 61.8 Å². The molecular weight excluding hydrogens is 450 g/mol. The quantitative estimate of drug-likeness (QED) is 0.450. The second kappa shape index (κ2) is 9.79. The van der Waals surface area contributed by atoms with Crippen LogP contribution in [0.3, 0.4) is 0 Å². The summed E-state index contributed by atoms with van der Waals surface area (Å²) in [5, 5.41) is 1.17. The van der Waals surface area contributed by atoms with E-state index in [-0.39, 0.29) is 23.3 Å². The number of carbonyl (C=O) groups is 1. The Morgan fingerprint density at radius 3 is 2.72 bits per heavy atom. The molecule has 0 spiro atoms. The Labute approximate surface area is 197 Å². The molecule has 2 aromatic rings. The van der Waals surface area contributed by atoms with E-state index in [0.29, 0.717) is 24.9 Å². The number of fused-ring (bicyclic) bond motifs is 3. The standard InChI is InChI=1S/C23H30ClN3O4S/c1-2-30-18(28)13-14-3-8-17-19(14)20-21(25-23(24)26-22(20)32-17)31-16-6-4-15(5-7-16)27-9-11-29-12-10-27/h14-16H,2-13H2,1H3. The molecular formula is C23H30ClN3O4S. The molecule has 1 aliphatic heterocycles. The van der Waals surface area contributed by atoms with Gasteiger partial charge in [0.1, 0.15) is 10.9 Å². The van der Waals surface area contributed by atoms with E-state index < -0.39 is 0 Å². The number of carbonyl (C=O) groups excluding carboxylic acids is 1. The number of aryl methyl sites for hydroxylation is 1. The molecule has 3 aliphatic rings. The average Bonchev–Trinajstić information content (AvgIpc) is 3.34. The van der Waals surface area contributed by atoms with Gasteiger partial charge in [0.15, 0.2) is 0 Å². The van der Waals surface area contributed by atoms with Crippen molar-refractivity contribution in [3.05, 3.63) is 15.7 Å². The number of thiophene rings is 1. The van der Waals surface area contributed by atoms with E-state index in [1.165, 1.54) is 10.4 Å². The Kier molecular flexibility index (Phi) is 6.83. The van der Waals surface area contributed by atoms with E-state index in [1.54, 1.807) is 11.3 Å². The molecule has 0 bridgehead atoms. The lowest BCUT2D eigenvalue weighted by Crippen LogP contribution is -2.46. The molecule has 0 N–H and O–H groups in total. The SMILES string of the molecule is CCOC(=O)CC1CCc2sc3nc(Cl)nc(OC4CCC(N5CCOCC5)CC4)c3c21. The molecule has 3 heterocycles. The molecule has 2 aromatic heterocycles. The van der Waals surface area contributed by atoms with E-state index in [2.05, 4.69) is 14.9 Å². The minimum atomic E-state index is -0.150. The molecule has 32 heavy (non-hydrogen) atoms. The Balaban J connectivity index is 1.34. The second-order valence-corrected chi connectivity index (χ2v) is 10.3. The molecule has 0 amide bonds. The largest absolute Gasteiger partial charge is 0.474 e. The third-order valence-corrected chi connectivity index (χ3v) is 8.26. The van der Waals surface area contributed by atoms with Gasteiger partial charge < -0.3 is 14.2 Å². The van der Waals surface area contributed by atoms with Crippen LogP contribution in [0.4, 0.5) is 0 Å². The van der Waals surface area contributed by atoms with Crippen molar-refractivity contribution in [1.29, 1.82) is 0 Å². The fourth-order valence-corrected chi connectivity index (χ4v) is 6.89. The van der Waals surface area contributed by atoms with Crippen LogP contribution in [0.15, 0.2) is 0 Å². The Morgan fingerprint density at radius 1 is 1.19 bits per heavy atom. The van der Waals surface area contributed by atoms with Crippen LogP contribution in [0.25, 0.3) is 10.2 Å². The number of ether oxygens (including phenoxy) is 3. The van der Waals surface area contributed by atoms with E-state index in [4.69, 9.17) is 25.8 Å². The molecule has 1 saturated carbocycles. The monoisotopic (exact) mass is 479 g/mol. The molecule has 5 rings (SSSR count). The highest BCUT2D eigenvalue weighted by Gasteiger charge is 2.34. The zero-order chi connectivity index (χ0) is 22.1. The topological polar surface area (TPSA) is 73.8 Å². The first-order valence-electron chi connectivity index (χ1n) is 11.7. The zero-order valence-corrected chi connectivity index (χ0v) is 20.1. The molecule has 1 saturated heterocycles. The van der Waals surface area contributed by atoms with E-state index in [0.717, 1.165) is 75.0 Å². The average molecular weight is 480 g/mol. The van der Waals surface area contributed by atoms with Gasteiger partial charge in [-0.1, -0.05) is 0 Å². The number of esters is 1. The Morgan fingerprint density at radius 2 is 1.97 bits per heavy atom. The van der Waals surface area contributed by atoms with Crippen LogP contribution in [-0.2, 0) is 20.7 Å². The number of nitrogens with zero attached hydrogens (tertiary/aromatic N) is 3. The molecule has 2 fully saturated rings. The van der Waals surface area contributed by atoms with E-state index in [9.17, 15) is 4.79 Å². The minimum absolute atomic E-state index is 0.127. The van der Waals surface area contributed by atoms with E-state index in [1.807, 2.05) is 6.92 Å². The normalized spacial score (nSPS) is 26.2. The van der Waals surface area contributed by atoms with Crippen molar-refractivity contribution in [3.8, 4) is 5.88 Å². The van der Waals surface area contributed by atoms with Gasteiger partial charge >= 0.3 is 5.97 Å². The summed E-state index contributed by atoms with van der Waals surface area (Å²) in [5.74, 6) is 0.563. The van der Waals surface area contributed by atoms with Crippen molar-refractivity contribution < 1.29 is 19.0 Å². The maximum Gasteiger partial charge on any atom is 0.306 e. The summed E-state index contributed by atoms with van der Waals surface area (Å²) >= 11 is 7.92. The van der Waals surface area contributed by atoms with Crippen molar-refractivity contribution in [1.82, 2.24) is 14.9 Å². The first-order chi connectivity index (χ1) is 15.6. The summed E-state index contributed by atoms with van der Waals surface area (Å²) in [7, 11) is 0. The van der Waals surface area contributed by atoms with Crippen LogP contribution in [0.2, 0.25) is 5.28 Å². The van der Waals surface area contributed by atoms with Gasteiger partial charge in [-0.25, -0.2) is 4.98 Å². The van der Waals surface area contributed by atoms with Crippen LogP contribution >= 0.6 is 22.9 Å². The lowest BCUT2D eigenvalue weighted by molar-refractivity contribution is -0.143. The van der Waals surface area contributed by atoms with Gasteiger partial charge in [0.05, 0.1) is 31.6 Å². The van der Waals surface area contributed by atoms with Crippen LogP contribution < -0.4 is 4.74 Å². The zero-order valence-electron chi connectivity index (χ0n) is 18.5. The maximum atomic E-state index is 12.2. The van der Waals surface area contributed by atoms with Gasteiger partial charge in [0, 0.05) is 24.0 Å². The number of hydrogen-bond acceptors (Lipinski definition) is 8. The third-order valence-electron chi connectivity index (χ3n) is 6.94. The van der Waals surface area contributed by atoms with Gasteiger partial charge in [-0.05, 0) is 68.5 Å². The predicted octanol–water partition coefficient (Wildman–Crippen LogP) is 4.35. The van der Waals surface area contributed by atoms with Crippen LogP contribution in [0, 0.1) is 0 Å². The minimum Gasteiger partial charge on any atom is -0.474 e. The number of morpholine rings is 1. The molecule has 2 aliphatic carbocycles. The molecule has 1 atom stereocenters. The summed E-state index contributed by atoms with van der Waals surface area (Å²) in [6, 6.07) is 0.618. The summed E-state index contributed by atoms with van der Waals surface area (Å²) in [6.45, 7) is 5.98. The number of hydrogen-bond donors (Lipinski definition) is 0. The fourth-order valence-electron chi connectivity index (χ4n) is 5.42. The fraction of sp³-hybridized carbons (Fsp3) is 0.696. The highest BCUT2D eigenvalue weighted by atomic mass is 35.5. The van der Waals surface area contributed by atoms with Crippen LogP contribution in [0.5, 0.6) is 5.88 Å². The van der Waals surface area contributed by atoms with Gasteiger partial charge in [0.2, 0.25) is 11.2 Å². The smallest absolute Gasteiger partial charge is 0.306 e. The summed E-state index contributed by atoms with van der Waals surface area (Å²) in [6.07, 6.45) is 6.67. The first-order valence-corrected chi connectivity index (χ1v) is 12.9. The van der Waals surface area contributed by atoms with Gasteiger partial charge in [0.25, 0.3) is 0 Å². The lowest BCUT2D eigenvalue weighted by Gasteiger charge is -2.38. The number of aromatic nitrogens is 2. The second-order valence-electron chi connectivity index (χ2n) is 8.86. The van der Waals surface area contributed by atoms with Crippen molar-refractivity contribution in [2.24, 2.45) is 0 Å². The lowest BCUT2D eigenvalue weighted by atomic mass is 9.91. The number of rotatable bonds is 6. The molecule has 1 unspecified atom stereocenters. The molecule has 7 nitrogen and oxygen atoms in total. The molecule has 0 aromatic carbocycles. The van der Waals surface area contributed by atoms with Gasteiger partial charge in [-0.3, -0.25) is 9.69 Å². The Bertz CT molecular complexity index is 970. The van der Waals surface area contributed by atoms with Gasteiger partial charge in [-0.2, -0.15) is 4.98 Å². The summed E-state index contributed by atoms with van der Waals surface area (Å²) < 4.78 is 17.2. The van der Waals surface area contributed by atoms with Crippen molar-refractivity contribution in [3.63, 3.8) is 0 Å². The number of halogens is 1. The first kappa shape index (κ1) is 22.3. The molecule has 0 radical (unpaired) electrons.